The number of hydrogen-bond acceptors (Lipinski definition) is 3. The normalized spacial score (nSPS) is 10.7. The van der Waals surface area contributed by atoms with Crippen molar-refractivity contribution in [2.24, 2.45) is 5.10 Å². The zero-order chi connectivity index (χ0) is 15.2. The Balaban J connectivity index is 2.12. The molecule has 0 saturated heterocycles. The van der Waals surface area contributed by atoms with Gasteiger partial charge in [0.05, 0.1) is 6.21 Å². The molecule has 2 aromatic rings. The highest BCUT2D eigenvalue weighted by Gasteiger charge is 2.04. The van der Waals surface area contributed by atoms with Crippen LogP contribution in [-0.2, 0) is 0 Å². The molecule has 0 heterocycles. The van der Waals surface area contributed by atoms with Gasteiger partial charge in [-0.15, -0.1) is 0 Å². The number of nitrogens with zero attached hydrogens (tertiary/aromatic N) is 1. The van der Waals surface area contributed by atoms with Crippen molar-refractivity contribution in [3.05, 3.63) is 54.1 Å². The van der Waals surface area contributed by atoms with Crippen LogP contribution in [0.1, 0.15) is 12.5 Å². The molecule has 0 aliphatic heterocycles. The second-order valence-electron chi connectivity index (χ2n) is 4.73. The van der Waals surface area contributed by atoms with Gasteiger partial charge in [0.2, 0.25) is 0 Å². The predicted molar refractivity (Wildman–Crippen MR) is 91.8 cm³/mol. The number of hydrazone groups is 1. The maximum atomic E-state index is 9.97. The fourth-order valence-corrected chi connectivity index (χ4v) is 1.97. The summed E-state index contributed by atoms with van der Waals surface area (Å²) in [4.78, 5) is 0. The van der Waals surface area contributed by atoms with E-state index in [0.717, 1.165) is 16.3 Å². The predicted octanol–water partition coefficient (Wildman–Crippen LogP) is 2.92. The highest BCUT2D eigenvalue weighted by atomic mass is 32.1. The van der Waals surface area contributed by atoms with Gasteiger partial charge in [0, 0.05) is 12.1 Å². The number of hydrogen-bond donors (Lipinski definition) is 3. The maximum absolute atomic E-state index is 9.97. The van der Waals surface area contributed by atoms with E-state index in [1.54, 1.807) is 12.3 Å². The number of thiocarbonyl (C=S) groups is 1. The number of aromatic hydroxyl groups is 1. The fraction of sp³-hybridized carbons (Fsp3) is 0.125. The minimum Gasteiger partial charge on any atom is -0.507 e. The molecule has 0 aliphatic carbocycles. The van der Waals surface area contributed by atoms with Crippen LogP contribution in [-0.4, -0.2) is 23.0 Å². The first kappa shape index (κ1) is 15.0. The Bertz CT molecular complexity index is 710. The van der Waals surface area contributed by atoms with Crippen molar-refractivity contribution in [2.75, 3.05) is 6.54 Å². The van der Waals surface area contributed by atoms with Crippen molar-refractivity contribution in [3.8, 4) is 5.75 Å². The first-order valence-electron chi connectivity index (χ1n) is 6.50. The summed E-state index contributed by atoms with van der Waals surface area (Å²) in [5.74, 6) is 0.181. The number of phenols is 1. The van der Waals surface area contributed by atoms with E-state index in [0.29, 0.717) is 17.2 Å². The van der Waals surface area contributed by atoms with Crippen LogP contribution in [0, 0.1) is 0 Å². The van der Waals surface area contributed by atoms with Gasteiger partial charge in [-0.3, -0.25) is 5.43 Å². The Labute approximate surface area is 129 Å². The molecule has 0 bridgehead atoms. The number of benzene rings is 2. The van der Waals surface area contributed by atoms with Crippen molar-refractivity contribution in [3.63, 3.8) is 0 Å². The van der Waals surface area contributed by atoms with E-state index in [4.69, 9.17) is 12.2 Å². The smallest absolute Gasteiger partial charge is 0.187 e. The van der Waals surface area contributed by atoms with Crippen molar-refractivity contribution in [2.45, 2.75) is 6.92 Å². The molecule has 0 spiro atoms. The third-order valence-electron chi connectivity index (χ3n) is 2.86. The lowest BCUT2D eigenvalue weighted by Gasteiger charge is -2.07. The molecular weight excluding hydrogens is 282 g/mol. The van der Waals surface area contributed by atoms with E-state index in [1.165, 1.54) is 0 Å². The molecule has 2 rings (SSSR count). The molecule has 0 aliphatic rings. The van der Waals surface area contributed by atoms with Gasteiger partial charge < -0.3 is 10.4 Å². The summed E-state index contributed by atoms with van der Waals surface area (Å²) in [7, 11) is 0. The van der Waals surface area contributed by atoms with Gasteiger partial charge in [0.15, 0.2) is 5.11 Å². The van der Waals surface area contributed by atoms with Gasteiger partial charge in [-0.2, -0.15) is 5.10 Å². The summed E-state index contributed by atoms with van der Waals surface area (Å²) in [6.45, 7) is 6.29. The molecule has 2 aromatic carbocycles. The van der Waals surface area contributed by atoms with E-state index in [-0.39, 0.29) is 5.75 Å². The molecular formula is C16H17N3OS. The van der Waals surface area contributed by atoms with Crippen LogP contribution in [0.5, 0.6) is 5.75 Å². The van der Waals surface area contributed by atoms with Crippen LogP contribution in [0.4, 0.5) is 0 Å². The first-order valence-corrected chi connectivity index (χ1v) is 6.91. The van der Waals surface area contributed by atoms with E-state index >= 15 is 0 Å². The van der Waals surface area contributed by atoms with Crippen LogP contribution in [0.25, 0.3) is 10.8 Å². The minimum absolute atomic E-state index is 0.181. The summed E-state index contributed by atoms with van der Waals surface area (Å²) in [5, 5.41) is 19.4. The Morgan fingerprint density at radius 3 is 2.86 bits per heavy atom. The second kappa shape index (κ2) is 6.85. The van der Waals surface area contributed by atoms with Crippen molar-refractivity contribution >= 4 is 34.3 Å². The molecule has 0 fully saturated rings. The van der Waals surface area contributed by atoms with Crippen molar-refractivity contribution in [1.82, 2.24) is 10.7 Å². The van der Waals surface area contributed by atoms with Crippen LogP contribution >= 0.6 is 12.2 Å². The van der Waals surface area contributed by atoms with Gasteiger partial charge in [0.1, 0.15) is 5.75 Å². The van der Waals surface area contributed by atoms with Crippen molar-refractivity contribution < 1.29 is 5.11 Å². The SMILES string of the molecule is C=C(C)CNC(=S)N/N=C/c1c(O)ccc2ccccc12. The monoisotopic (exact) mass is 299 g/mol. The van der Waals surface area contributed by atoms with Gasteiger partial charge in [-0.05, 0) is 36.0 Å². The van der Waals surface area contributed by atoms with Crippen LogP contribution in [0.15, 0.2) is 53.7 Å². The lowest BCUT2D eigenvalue weighted by molar-refractivity contribution is 0.475. The molecule has 0 amide bonds. The zero-order valence-corrected chi connectivity index (χ0v) is 12.6. The molecule has 0 radical (unpaired) electrons. The molecule has 21 heavy (non-hydrogen) atoms. The summed E-state index contributed by atoms with van der Waals surface area (Å²) in [6, 6.07) is 11.3. The average molecular weight is 299 g/mol. The molecule has 5 heteroatoms. The molecule has 0 atom stereocenters. The van der Waals surface area contributed by atoms with E-state index < -0.39 is 0 Å². The summed E-state index contributed by atoms with van der Waals surface area (Å²) < 4.78 is 0. The summed E-state index contributed by atoms with van der Waals surface area (Å²) in [5.41, 5.74) is 4.35. The highest BCUT2D eigenvalue weighted by molar-refractivity contribution is 7.80. The van der Waals surface area contributed by atoms with Crippen molar-refractivity contribution in [1.29, 1.82) is 0 Å². The van der Waals surface area contributed by atoms with Gasteiger partial charge >= 0.3 is 0 Å². The van der Waals surface area contributed by atoms with Crippen LogP contribution in [0.3, 0.4) is 0 Å². The van der Waals surface area contributed by atoms with E-state index in [1.807, 2.05) is 37.3 Å². The molecule has 108 valence electrons. The largest absolute Gasteiger partial charge is 0.507 e. The first-order chi connectivity index (χ1) is 10.1. The molecule has 4 nitrogen and oxygen atoms in total. The average Bonchev–Trinajstić information content (AvgIpc) is 2.47. The summed E-state index contributed by atoms with van der Waals surface area (Å²) in [6.07, 6.45) is 1.56. The Morgan fingerprint density at radius 2 is 2.10 bits per heavy atom. The van der Waals surface area contributed by atoms with Crippen LogP contribution < -0.4 is 10.7 Å². The molecule has 0 saturated carbocycles. The number of rotatable bonds is 4. The molecule has 0 aromatic heterocycles. The number of nitrogens with one attached hydrogen (secondary N) is 2. The maximum Gasteiger partial charge on any atom is 0.187 e. The lowest BCUT2D eigenvalue weighted by atomic mass is 10.0. The van der Waals surface area contributed by atoms with E-state index in [9.17, 15) is 5.11 Å². The minimum atomic E-state index is 0.181. The summed E-state index contributed by atoms with van der Waals surface area (Å²) >= 11 is 5.08. The second-order valence-corrected chi connectivity index (χ2v) is 5.14. The fourth-order valence-electron chi connectivity index (χ4n) is 1.85. The lowest BCUT2D eigenvalue weighted by Crippen LogP contribution is -2.32. The van der Waals surface area contributed by atoms with E-state index in [2.05, 4.69) is 22.4 Å². The Kier molecular flexibility index (Phi) is 4.90. The van der Waals surface area contributed by atoms with Gasteiger partial charge in [-0.25, -0.2) is 0 Å². The highest BCUT2D eigenvalue weighted by Crippen LogP contribution is 2.25. The third-order valence-corrected chi connectivity index (χ3v) is 3.09. The van der Waals surface area contributed by atoms with Crippen LogP contribution in [0.2, 0.25) is 0 Å². The Morgan fingerprint density at radius 1 is 1.33 bits per heavy atom. The molecule has 3 N–H and O–H groups in total. The number of phenolic OH excluding ortho intramolecular Hbond substituents is 1. The standard InChI is InChI=1S/C16H17N3OS/c1-11(2)9-17-16(21)19-18-10-14-13-6-4-3-5-12(13)7-8-15(14)20/h3-8,10,20H,1,9H2,2H3,(H2,17,19,21)/b18-10+. The quantitative estimate of drug-likeness (QED) is 0.352. The topological polar surface area (TPSA) is 56.7 Å². The molecule has 0 unspecified atom stereocenters. The Hall–Kier alpha value is -2.40. The zero-order valence-electron chi connectivity index (χ0n) is 11.8. The van der Waals surface area contributed by atoms with Gasteiger partial charge in [-0.1, -0.05) is 42.5 Å². The third kappa shape index (κ3) is 4.03. The number of fused-ring (bicyclic) bond motifs is 1. The van der Waals surface area contributed by atoms with Gasteiger partial charge in [0.25, 0.3) is 0 Å².